The minimum absolute atomic E-state index is 0.166. The van der Waals surface area contributed by atoms with Crippen molar-refractivity contribution < 1.29 is 4.79 Å². The van der Waals surface area contributed by atoms with Crippen LogP contribution in [-0.4, -0.2) is 19.2 Å². The van der Waals surface area contributed by atoms with Crippen LogP contribution >= 0.6 is 0 Å². The molecule has 0 aliphatic carbocycles. The third-order valence-electron chi connectivity index (χ3n) is 1.41. The van der Waals surface area contributed by atoms with Crippen LogP contribution in [-0.2, 0) is 4.79 Å². The Morgan fingerprint density at radius 3 is 2.46 bits per heavy atom. The van der Waals surface area contributed by atoms with Gasteiger partial charge in [-0.3, -0.25) is 4.79 Å². The Hall–Kier alpha value is -1.38. The Balaban J connectivity index is 4.54. The molecule has 0 aromatic heterocycles. The number of hydrogen-bond acceptors (Lipinski definition) is 2. The van der Waals surface area contributed by atoms with E-state index < -0.39 is 0 Å². The fraction of sp³-hybridized carbons (Fsp3) is 0.400. The van der Waals surface area contributed by atoms with Crippen LogP contribution in [0, 0.1) is 11.3 Å². The first-order chi connectivity index (χ1) is 6.11. The molecule has 0 aliphatic rings. The molecule has 0 aromatic carbocycles. The minimum atomic E-state index is -0.166. The van der Waals surface area contributed by atoms with Crippen LogP contribution in [0.25, 0.3) is 0 Å². The first-order valence-corrected chi connectivity index (χ1v) is 4.22. The average Bonchev–Trinajstić information content (AvgIpc) is 2.10. The second-order valence-corrected chi connectivity index (χ2v) is 2.97. The molecule has 0 spiro atoms. The van der Waals surface area contributed by atoms with Gasteiger partial charge in [0.15, 0.2) is 0 Å². The van der Waals surface area contributed by atoms with Crippen molar-refractivity contribution in [2.75, 3.05) is 7.05 Å². The van der Waals surface area contributed by atoms with Crippen LogP contribution in [0.3, 0.4) is 0 Å². The van der Waals surface area contributed by atoms with Gasteiger partial charge in [-0.1, -0.05) is 26.0 Å². The van der Waals surface area contributed by atoms with Gasteiger partial charge in [0.2, 0.25) is 0 Å². The fourth-order valence-electron chi connectivity index (χ4n) is 0.737. The minimum Gasteiger partial charge on any atom is -0.355 e. The Kier molecular flexibility index (Phi) is 5.52. The van der Waals surface area contributed by atoms with E-state index in [9.17, 15) is 4.79 Å². The second-order valence-electron chi connectivity index (χ2n) is 2.97. The summed E-state index contributed by atoms with van der Waals surface area (Å²) in [5.74, 6) is 0.235. The highest BCUT2D eigenvalue weighted by Crippen LogP contribution is 2.00. The van der Waals surface area contributed by atoms with E-state index in [-0.39, 0.29) is 5.91 Å². The predicted molar refractivity (Wildman–Crippen MR) is 54.9 cm³/mol. The highest BCUT2D eigenvalue weighted by Gasteiger charge is 2.01. The summed E-state index contributed by atoms with van der Waals surface area (Å²) < 4.78 is 0. The number of carbonyl (C=O) groups is 1. The molecule has 3 heteroatoms. The quantitative estimate of drug-likeness (QED) is 0.384. The number of carbonyl (C=O) groups excluding carboxylic acids is 1. The SMILES string of the molecule is CNC(=O)C(/C=C\C(C)C)=C/C=N. The molecule has 0 radical (unpaired) electrons. The summed E-state index contributed by atoms with van der Waals surface area (Å²) in [4.78, 5) is 11.2. The maximum Gasteiger partial charge on any atom is 0.251 e. The summed E-state index contributed by atoms with van der Waals surface area (Å²) in [6.07, 6.45) is 6.23. The van der Waals surface area contributed by atoms with Gasteiger partial charge in [-0.15, -0.1) is 0 Å². The lowest BCUT2D eigenvalue weighted by Gasteiger charge is -1.99. The van der Waals surface area contributed by atoms with Gasteiger partial charge in [0, 0.05) is 18.8 Å². The number of rotatable bonds is 4. The molecule has 13 heavy (non-hydrogen) atoms. The van der Waals surface area contributed by atoms with Crippen LogP contribution in [0.5, 0.6) is 0 Å². The monoisotopic (exact) mass is 180 g/mol. The van der Waals surface area contributed by atoms with Gasteiger partial charge < -0.3 is 10.7 Å². The highest BCUT2D eigenvalue weighted by molar-refractivity contribution is 5.99. The average molecular weight is 180 g/mol. The molecule has 0 heterocycles. The molecule has 0 bridgehead atoms. The molecule has 2 N–H and O–H groups in total. The number of allylic oxidation sites excluding steroid dienone is 2. The lowest BCUT2D eigenvalue weighted by molar-refractivity contribution is -0.116. The van der Waals surface area contributed by atoms with Crippen molar-refractivity contribution in [3.63, 3.8) is 0 Å². The van der Waals surface area contributed by atoms with E-state index >= 15 is 0 Å². The molecule has 0 rings (SSSR count). The van der Waals surface area contributed by atoms with E-state index in [0.717, 1.165) is 6.21 Å². The van der Waals surface area contributed by atoms with Gasteiger partial charge in [0.25, 0.3) is 5.91 Å². The molecule has 0 atom stereocenters. The van der Waals surface area contributed by atoms with Crippen molar-refractivity contribution in [3.05, 3.63) is 23.8 Å². The molecule has 0 saturated carbocycles. The van der Waals surface area contributed by atoms with Crippen molar-refractivity contribution in [2.45, 2.75) is 13.8 Å². The number of hydrogen-bond donors (Lipinski definition) is 2. The van der Waals surface area contributed by atoms with Gasteiger partial charge in [0.1, 0.15) is 0 Å². The van der Waals surface area contributed by atoms with Crippen LogP contribution in [0.2, 0.25) is 0 Å². The fourth-order valence-corrected chi connectivity index (χ4v) is 0.737. The summed E-state index contributed by atoms with van der Waals surface area (Å²) in [7, 11) is 1.57. The van der Waals surface area contributed by atoms with Crippen LogP contribution in [0.4, 0.5) is 0 Å². The lowest BCUT2D eigenvalue weighted by atomic mass is 10.1. The molecular formula is C10H16N2O. The van der Waals surface area contributed by atoms with Gasteiger partial charge in [-0.05, 0) is 12.0 Å². The normalized spacial score (nSPS) is 12.2. The van der Waals surface area contributed by atoms with E-state index in [1.165, 1.54) is 6.08 Å². The van der Waals surface area contributed by atoms with E-state index in [2.05, 4.69) is 5.32 Å². The summed E-state index contributed by atoms with van der Waals surface area (Å²) in [5.41, 5.74) is 0.506. The third kappa shape index (κ3) is 4.95. The first-order valence-electron chi connectivity index (χ1n) is 4.22. The zero-order valence-electron chi connectivity index (χ0n) is 8.29. The van der Waals surface area contributed by atoms with Gasteiger partial charge in [0.05, 0.1) is 0 Å². The molecular weight excluding hydrogens is 164 g/mol. The molecule has 3 nitrogen and oxygen atoms in total. The highest BCUT2D eigenvalue weighted by atomic mass is 16.1. The maximum absolute atomic E-state index is 11.2. The zero-order chi connectivity index (χ0) is 10.3. The molecule has 0 aliphatic heterocycles. The van der Waals surface area contributed by atoms with Crippen molar-refractivity contribution in [2.24, 2.45) is 5.92 Å². The van der Waals surface area contributed by atoms with Crippen molar-refractivity contribution in [1.82, 2.24) is 5.32 Å². The summed E-state index contributed by atoms with van der Waals surface area (Å²) >= 11 is 0. The van der Waals surface area contributed by atoms with Crippen LogP contribution in [0.15, 0.2) is 23.8 Å². The van der Waals surface area contributed by atoms with Gasteiger partial charge in [-0.25, -0.2) is 0 Å². The molecule has 0 saturated heterocycles. The van der Waals surface area contributed by atoms with E-state index in [1.54, 1.807) is 13.1 Å². The standard InChI is InChI=1S/C10H16N2O/c1-8(2)4-5-9(6-7-11)10(13)12-3/h4-8,11H,1-3H3,(H,12,13)/b5-4-,9-6+,11-7?. The summed E-state index contributed by atoms with van der Waals surface area (Å²) in [6.45, 7) is 4.06. The predicted octanol–water partition coefficient (Wildman–Crippen LogP) is 1.52. The lowest BCUT2D eigenvalue weighted by Crippen LogP contribution is -2.19. The van der Waals surface area contributed by atoms with Crippen molar-refractivity contribution in [1.29, 1.82) is 5.41 Å². The molecule has 72 valence electrons. The second kappa shape index (κ2) is 6.17. The van der Waals surface area contributed by atoms with E-state index in [1.807, 2.05) is 19.9 Å². The molecule has 0 unspecified atom stereocenters. The van der Waals surface area contributed by atoms with Crippen LogP contribution < -0.4 is 5.32 Å². The maximum atomic E-state index is 11.2. The Morgan fingerprint density at radius 1 is 1.46 bits per heavy atom. The van der Waals surface area contributed by atoms with E-state index in [0.29, 0.717) is 11.5 Å². The van der Waals surface area contributed by atoms with Crippen molar-refractivity contribution >= 4 is 12.1 Å². The van der Waals surface area contributed by atoms with Gasteiger partial charge >= 0.3 is 0 Å². The molecule has 1 amide bonds. The molecule has 0 fully saturated rings. The van der Waals surface area contributed by atoms with Gasteiger partial charge in [-0.2, -0.15) is 0 Å². The Labute approximate surface area is 79.0 Å². The number of likely N-dealkylation sites (N-methyl/N-ethyl adjacent to an activating group) is 1. The van der Waals surface area contributed by atoms with Crippen molar-refractivity contribution in [3.8, 4) is 0 Å². The van der Waals surface area contributed by atoms with Crippen LogP contribution in [0.1, 0.15) is 13.8 Å². The number of amides is 1. The zero-order valence-corrected chi connectivity index (χ0v) is 8.29. The summed E-state index contributed by atoms with van der Waals surface area (Å²) in [5, 5.41) is 9.38. The number of nitrogens with one attached hydrogen (secondary N) is 2. The first kappa shape index (κ1) is 11.6. The smallest absolute Gasteiger partial charge is 0.251 e. The molecule has 0 aromatic rings. The largest absolute Gasteiger partial charge is 0.355 e. The Bertz CT molecular complexity index is 239. The summed E-state index contributed by atoms with van der Waals surface area (Å²) in [6, 6.07) is 0. The third-order valence-corrected chi connectivity index (χ3v) is 1.41. The van der Waals surface area contributed by atoms with E-state index in [4.69, 9.17) is 5.41 Å². The topological polar surface area (TPSA) is 53.0 Å². The Morgan fingerprint density at radius 2 is 2.08 bits per heavy atom.